The Balaban J connectivity index is 1.94. The number of hydrogen-bond acceptors (Lipinski definition) is 4. The van der Waals surface area contributed by atoms with E-state index in [1.54, 1.807) is 11.3 Å². The van der Waals surface area contributed by atoms with E-state index in [1.807, 2.05) is 6.07 Å². The average Bonchev–Trinajstić information content (AvgIpc) is 2.77. The van der Waals surface area contributed by atoms with Crippen molar-refractivity contribution in [1.82, 2.24) is 15.1 Å². The van der Waals surface area contributed by atoms with Gasteiger partial charge in [0.1, 0.15) is 5.82 Å². The van der Waals surface area contributed by atoms with E-state index in [-0.39, 0.29) is 0 Å². The van der Waals surface area contributed by atoms with E-state index in [1.165, 1.54) is 10.4 Å². The minimum Gasteiger partial charge on any atom is -0.382 e. The highest BCUT2D eigenvalue weighted by Crippen LogP contribution is 2.18. The zero-order valence-electron chi connectivity index (χ0n) is 9.53. The zero-order chi connectivity index (χ0) is 11.5. The molecule has 5 heteroatoms. The maximum absolute atomic E-state index is 5.56. The predicted octanol–water partition coefficient (Wildman–Crippen LogP) is 1.99. The molecule has 16 heavy (non-hydrogen) atoms. The van der Waals surface area contributed by atoms with E-state index in [0.717, 1.165) is 18.8 Å². The molecule has 0 aliphatic heterocycles. The van der Waals surface area contributed by atoms with Crippen LogP contribution in [0.2, 0.25) is 0 Å². The number of aromatic amines is 1. The Bertz CT molecular complexity index is 460. The Labute approximate surface area is 99.1 Å². The third kappa shape index (κ3) is 2.62. The number of nitrogens with zero attached hydrogens (tertiary/aromatic N) is 2. The third-order valence-electron chi connectivity index (χ3n) is 2.47. The fourth-order valence-electron chi connectivity index (χ4n) is 1.62. The lowest BCUT2D eigenvalue weighted by atomic mass is 10.3. The molecule has 3 N–H and O–H groups in total. The maximum Gasteiger partial charge on any atom is 0.145 e. The summed E-state index contributed by atoms with van der Waals surface area (Å²) in [5.41, 5.74) is 7.97. The number of aryl methyl sites for hydroxylation is 1. The van der Waals surface area contributed by atoms with E-state index >= 15 is 0 Å². The molecule has 2 rings (SSSR count). The molecule has 0 radical (unpaired) electrons. The van der Waals surface area contributed by atoms with Crippen LogP contribution < -0.4 is 5.73 Å². The highest BCUT2D eigenvalue weighted by atomic mass is 32.1. The van der Waals surface area contributed by atoms with E-state index in [0.29, 0.717) is 5.82 Å². The number of rotatable bonds is 4. The first-order chi connectivity index (χ1) is 7.65. The van der Waals surface area contributed by atoms with Crippen LogP contribution >= 0.6 is 11.3 Å². The number of H-pyrrole nitrogens is 1. The fourth-order valence-corrected chi connectivity index (χ4v) is 2.60. The van der Waals surface area contributed by atoms with Gasteiger partial charge < -0.3 is 5.73 Å². The molecule has 0 saturated heterocycles. The van der Waals surface area contributed by atoms with Crippen molar-refractivity contribution in [2.45, 2.75) is 20.0 Å². The van der Waals surface area contributed by atoms with Gasteiger partial charge in [0.2, 0.25) is 0 Å². The fraction of sp³-hybridized carbons (Fsp3) is 0.364. The van der Waals surface area contributed by atoms with Crippen LogP contribution in [0.3, 0.4) is 0 Å². The Morgan fingerprint density at radius 1 is 1.50 bits per heavy atom. The first-order valence-corrected chi connectivity index (χ1v) is 6.04. The normalized spacial score (nSPS) is 11.2. The van der Waals surface area contributed by atoms with Gasteiger partial charge in [-0.1, -0.05) is 0 Å². The number of anilines is 1. The number of nitrogens with one attached hydrogen (secondary N) is 1. The second-order valence-electron chi connectivity index (χ2n) is 4.02. The van der Waals surface area contributed by atoms with Gasteiger partial charge in [-0.3, -0.25) is 10.00 Å². The second-order valence-corrected chi connectivity index (χ2v) is 5.02. The molecule has 0 unspecified atom stereocenters. The van der Waals surface area contributed by atoms with Crippen molar-refractivity contribution >= 4 is 17.2 Å². The molecule has 0 bridgehead atoms. The van der Waals surface area contributed by atoms with Crippen LogP contribution in [0.15, 0.2) is 17.5 Å². The molecule has 2 heterocycles. The minimum atomic E-state index is 0.552. The van der Waals surface area contributed by atoms with Crippen molar-refractivity contribution in [1.29, 1.82) is 0 Å². The number of aromatic nitrogens is 2. The number of thiophene rings is 1. The number of nitrogens with two attached hydrogens (primary N) is 1. The van der Waals surface area contributed by atoms with Gasteiger partial charge >= 0.3 is 0 Å². The standard InChI is InChI=1S/C11H16N4S/c1-8-3-4-16-10(8)7-15(2)6-9-5-11(12)14-13-9/h3-5H,6-7H2,1-2H3,(H3,12,13,14). The molecule has 2 aromatic rings. The van der Waals surface area contributed by atoms with Gasteiger partial charge in [0.05, 0.1) is 5.69 Å². The first-order valence-electron chi connectivity index (χ1n) is 5.16. The molecule has 0 aromatic carbocycles. The highest BCUT2D eigenvalue weighted by Gasteiger charge is 2.06. The smallest absolute Gasteiger partial charge is 0.145 e. The molecule has 0 saturated carbocycles. The SMILES string of the molecule is Cc1ccsc1CN(C)Cc1cc(N)n[nH]1. The molecule has 0 spiro atoms. The third-order valence-corrected chi connectivity index (χ3v) is 3.48. The summed E-state index contributed by atoms with van der Waals surface area (Å²) in [6, 6.07) is 4.03. The summed E-state index contributed by atoms with van der Waals surface area (Å²) in [7, 11) is 2.09. The predicted molar refractivity (Wildman–Crippen MR) is 67.2 cm³/mol. The van der Waals surface area contributed by atoms with Crippen molar-refractivity contribution in [3.63, 3.8) is 0 Å². The Kier molecular flexibility index (Phi) is 3.26. The highest BCUT2D eigenvalue weighted by molar-refractivity contribution is 7.10. The summed E-state index contributed by atoms with van der Waals surface area (Å²) in [5, 5.41) is 8.96. The maximum atomic E-state index is 5.56. The van der Waals surface area contributed by atoms with Crippen LogP contribution in [-0.4, -0.2) is 22.1 Å². The Morgan fingerprint density at radius 2 is 2.31 bits per heavy atom. The van der Waals surface area contributed by atoms with Gasteiger partial charge in [0.15, 0.2) is 0 Å². The molecule has 4 nitrogen and oxygen atoms in total. The summed E-state index contributed by atoms with van der Waals surface area (Å²) in [6.07, 6.45) is 0. The molecule has 0 amide bonds. The van der Waals surface area contributed by atoms with E-state index in [2.05, 4.69) is 40.5 Å². The van der Waals surface area contributed by atoms with Crippen molar-refractivity contribution in [3.8, 4) is 0 Å². The molecule has 2 aromatic heterocycles. The van der Waals surface area contributed by atoms with Crippen molar-refractivity contribution < 1.29 is 0 Å². The van der Waals surface area contributed by atoms with Crippen molar-refractivity contribution in [2.75, 3.05) is 12.8 Å². The summed E-state index contributed by atoms with van der Waals surface area (Å²) in [5.74, 6) is 0.552. The van der Waals surface area contributed by atoms with Crippen LogP contribution in [0.5, 0.6) is 0 Å². The molecular weight excluding hydrogens is 220 g/mol. The summed E-state index contributed by atoms with van der Waals surface area (Å²) in [4.78, 5) is 3.65. The van der Waals surface area contributed by atoms with Gasteiger partial charge in [0.25, 0.3) is 0 Å². The van der Waals surface area contributed by atoms with Crippen LogP contribution in [-0.2, 0) is 13.1 Å². The average molecular weight is 236 g/mol. The van der Waals surface area contributed by atoms with Gasteiger partial charge in [-0.05, 0) is 31.0 Å². The molecule has 0 atom stereocenters. The zero-order valence-corrected chi connectivity index (χ0v) is 10.3. The second kappa shape index (κ2) is 4.67. The van der Waals surface area contributed by atoms with Gasteiger partial charge in [0, 0.05) is 24.0 Å². The lowest BCUT2D eigenvalue weighted by molar-refractivity contribution is 0.317. The monoisotopic (exact) mass is 236 g/mol. The van der Waals surface area contributed by atoms with Gasteiger partial charge in [-0.2, -0.15) is 5.10 Å². The summed E-state index contributed by atoms with van der Waals surface area (Å²) < 4.78 is 0. The summed E-state index contributed by atoms with van der Waals surface area (Å²) >= 11 is 1.80. The lowest BCUT2D eigenvalue weighted by Gasteiger charge is -2.14. The minimum absolute atomic E-state index is 0.552. The Hall–Kier alpha value is -1.33. The van der Waals surface area contributed by atoms with E-state index < -0.39 is 0 Å². The molecule has 0 fully saturated rings. The van der Waals surface area contributed by atoms with E-state index in [4.69, 9.17) is 5.73 Å². The molecule has 0 aliphatic carbocycles. The number of hydrogen-bond donors (Lipinski definition) is 2. The van der Waals surface area contributed by atoms with Crippen LogP contribution in [0, 0.1) is 6.92 Å². The quantitative estimate of drug-likeness (QED) is 0.853. The molecule has 0 aliphatic rings. The van der Waals surface area contributed by atoms with Gasteiger partial charge in [-0.25, -0.2) is 0 Å². The topological polar surface area (TPSA) is 57.9 Å². The van der Waals surface area contributed by atoms with Crippen molar-refractivity contribution in [3.05, 3.63) is 33.6 Å². The van der Waals surface area contributed by atoms with Crippen molar-refractivity contribution in [2.24, 2.45) is 0 Å². The van der Waals surface area contributed by atoms with Gasteiger partial charge in [-0.15, -0.1) is 11.3 Å². The van der Waals surface area contributed by atoms with Crippen LogP contribution in [0.25, 0.3) is 0 Å². The number of nitrogen functional groups attached to an aromatic ring is 1. The van der Waals surface area contributed by atoms with Crippen LogP contribution in [0.4, 0.5) is 5.82 Å². The molecule has 86 valence electrons. The summed E-state index contributed by atoms with van der Waals surface area (Å²) in [6.45, 7) is 3.94. The van der Waals surface area contributed by atoms with E-state index in [9.17, 15) is 0 Å². The lowest BCUT2D eigenvalue weighted by Crippen LogP contribution is -2.17. The van der Waals surface area contributed by atoms with Crippen LogP contribution in [0.1, 0.15) is 16.1 Å². The largest absolute Gasteiger partial charge is 0.382 e. The molecular formula is C11H16N4S. The Morgan fingerprint density at radius 3 is 2.88 bits per heavy atom. The first kappa shape index (κ1) is 11.2.